The summed E-state index contributed by atoms with van der Waals surface area (Å²) >= 11 is 4.89. The molecule has 1 aromatic rings. The Hall–Kier alpha value is -1.62. The zero-order valence-corrected chi connectivity index (χ0v) is 10.2. The van der Waals surface area contributed by atoms with Crippen LogP contribution in [0.15, 0.2) is 29.4 Å². The Bertz CT molecular complexity index is 379. The maximum Gasteiger partial charge on any atom is 0.186 e. The third-order valence-corrected chi connectivity index (χ3v) is 2.11. The second kappa shape index (κ2) is 6.79. The first-order valence-corrected chi connectivity index (χ1v) is 5.41. The molecule has 0 saturated heterocycles. The molecule has 0 aliphatic carbocycles. The van der Waals surface area contributed by atoms with E-state index >= 15 is 0 Å². The molecule has 0 spiro atoms. The van der Waals surface area contributed by atoms with E-state index in [1.54, 1.807) is 13.3 Å². The number of thiocarbonyl (C=S) groups is 1. The number of rotatable bonds is 4. The lowest BCUT2D eigenvalue weighted by Gasteiger charge is -2.06. The van der Waals surface area contributed by atoms with E-state index in [9.17, 15) is 0 Å². The van der Waals surface area contributed by atoms with Crippen LogP contribution < -0.4 is 15.5 Å². The summed E-state index contributed by atoms with van der Waals surface area (Å²) < 4.78 is 5.45. The highest BCUT2D eigenvalue weighted by molar-refractivity contribution is 7.80. The van der Waals surface area contributed by atoms with E-state index in [0.717, 1.165) is 11.3 Å². The fourth-order valence-electron chi connectivity index (χ4n) is 1.09. The molecule has 0 aliphatic heterocycles. The first-order valence-electron chi connectivity index (χ1n) is 5.00. The average Bonchev–Trinajstić information content (AvgIpc) is 2.31. The molecule has 0 amide bonds. The topological polar surface area (TPSA) is 45.6 Å². The van der Waals surface area contributed by atoms with Gasteiger partial charge in [-0.2, -0.15) is 5.10 Å². The van der Waals surface area contributed by atoms with Gasteiger partial charge in [0.25, 0.3) is 0 Å². The van der Waals surface area contributed by atoms with Gasteiger partial charge in [-0.05, 0) is 31.3 Å². The zero-order chi connectivity index (χ0) is 11.8. The molecule has 86 valence electrons. The van der Waals surface area contributed by atoms with E-state index < -0.39 is 0 Å². The standard InChI is InChI=1S/C11H15N3OS/c1-3-15-10-7-5-4-6-9(10)8-13-14-11(16)12-2/h4-8H,3H2,1-2H3,(H2,12,14,16)/b13-8+. The van der Waals surface area contributed by atoms with Crippen molar-refractivity contribution in [2.45, 2.75) is 6.92 Å². The van der Waals surface area contributed by atoms with Crippen molar-refractivity contribution in [3.63, 3.8) is 0 Å². The van der Waals surface area contributed by atoms with Crippen molar-refractivity contribution in [3.8, 4) is 5.75 Å². The van der Waals surface area contributed by atoms with Crippen molar-refractivity contribution in [2.24, 2.45) is 5.10 Å². The number of benzene rings is 1. The van der Waals surface area contributed by atoms with Crippen LogP contribution >= 0.6 is 12.2 Å². The molecule has 0 aromatic heterocycles. The fourth-order valence-corrected chi connectivity index (χ4v) is 1.14. The molecule has 1 aromatic carbocycles. The van der Waals surface area contributed by atoms with Crippen molar-refractivity contribution in [3.05, 3.63) is 29.8 Å². The summed E-state index contributed by atoms with van der Waals surface area (Å²) in [7, 11) is 1.74. The van der Waals surface area contributed by atoms with E-state index in [2.05, 4.69) is 15.8 Å². The first-order chi connectivity index (χ1) is 7.77. The summed E-state index contributed by atoms with van der Waals surface area (Å²) in [6.45, 7) is 2.58. The number of hydrazone groups is 1. The lowest BCUT2D eigenvalue weighted by atomic mass is 10.2. The van der Waals surface area contributed by atoms with Crippen LogP contribution in [0.25, 0.3) is 0 Å². The molecule has 16 heavy (non-hydrogen) atoms. The third kappa shape index (κ3) is 3.86. The number of nitrogens with zero attached hydrogens (tertiary/aromatic N) is 1. The van der Waals surface area contributed by atoms with Gasteiger partial charge in [0, 0.05) is 12.6 Å². The molecule has 1 rings (SSSR count). The molecule has 5 heteroatoms. The van der Waals surface area contributed by atoms with Gasteiger partial charge in [-0.15, -0.1) is 0 Å². The molecule has 0 radical (unpaired) electrons. The molecular weight excluding hydrogens is 222 g/mol. The van der Waals surface area contributed by atoms with Crippen LogP contribution in [0.4, 0.5) is 0 Å². The Labute approximate surface area is 101 Å². The first kappa shape index (κ1) is 12.4. The number of ether oxygens (including phenoxy) is 1. The van der Waals surface area contributed by atoms with E-state index in [4.69, 9.17) is 17.0 Å². The average molecular weight is 237 g/mol. The second-order valence-corrected chi connectivity index (χ2v) is 3.33. The number of nitrogens with one attached hydrogen (secondary N) is 2. The van der Waals surface area contributed by atoms with Gasteiger partial charge in [0.05, 0.1) is 12.8 Å². The van der Waals surface area contributed by atoms with Gasteiger partial charge in [0.2, 0.25) is 0 Å². The lowest BCUT2D eigenvalue weighted by molar-refractivity contribution is 0.340. The predicted octanol–water partition coefficient (Wildman–Crippen LogP) is 1.51. The summed E-state index contributed by atoms with van der Waals surface area (Å²) in [6, 6.07) is 7.69. The Kier molecular flexibility index (Phi) is 5.28. The van der Waals surface area contributed by atoms with Gasteiger partial charge in [0.15, 0.2) is 5.11 Å². The van der Waals surface area contributed by atoms with Crippen molar-refractivity contribution >= 4 is 23.5 Å². The number of hydrogen-bond acceptors (Lipinski definition) is 3. The third-order valence-electron chi connectivity index (χ3n) is 1.82. The Morgan fingerprint density at radius 1 is 1.50 bits per heavy atom. The minimum atomic E-state index is 0.477. The summed E-state index contributed by atoms with van der Waals surface area (Å²) in [4.78, 5) is 0. The Morgan fingerprint density at radius 3 is 2.94 bits per heavy atom. The van der Waals surface area contributed by atoms with E-state index in [0.29, 0.717) is 11.7 Å². The van der Waals surface area contributed by atoms with Crippen LogP contribution in [0.5, 0.6) is 5.75 Å². The monoisotopic (exact) mass is 237 g/mol. The minimum Gasteiger partial charge on any atom is -0.493 e. The number of para-hydroxylation sites is 1. The molecular formula is C11H15N3OS. The molecule has 4 nitrogen and oxygen atoms in total. The second-order valence-electron chi connectivity index (χ2n) is 2.92. The van der Waals surface area contributed by atoms with Gasteiger partial charge in [-0.1, -0.05) is 12.1 Å². The highest BCUT2D eigenvalue weighted by Gasteiger charge is 1.98. The van der Waals surface area contributed by atoms with Crippen LogP contribution in [0, 0.1) is 0 Å². The van der Waals surface area contributed by atoms with Gasteiger partial charge in [0.1, 0.15) is 5.75 Å². The normalized spacial score (nSPS) is 10.1. The molecule has 2 N–H and O–H groups in total. The van der Waals surface area contributed by atoms with Crippen LogP contribution in [0.1, 0.15) is 12.5 Å². The highest BCUT2D eigenvalue weighted by Crippen LogP contribution is 2.15. The zero-order valence-electron chi connectivity index (χ0n) is 9.36. The van der Waals surface area contributed by atoms with E-state index in [1.165, 1.54) is 0 Å². The predicted molar refractivity (Wildman–Crippen MR) is 70.0 cm³/mol. The maximum absolute atomic E-state index is 5.45. The van der Waals surface area contributed by atoms with Gasteiger partial charge in [-0.3, -0.25) is 5.43 Å². The Balaban J connectivity index is 2.68. The van der Waals surface area contributed by atoms with Crippen molar-refractivity contribution in [1.82, 2.24) is 10.7 Å². The smallest absolute Gasteiger partial charge is 0.186 e. The largest absolute Gasteiger partial charge is 0.493 e. The molecule has 0 atom stereocenters. The molecule has 0 unspecified atom stereocenters. The molecule has 0 fully saturated rings. The molecule has 0 bridgehead atoms. The molecule has 0 saturated carbocycles. The highest BCUT2D eigenvalue weighted by atomic mass is 32.1. The quantitative estimate of drug-likeness (QED) is 0.473. The van der Waals surface area contributed by atoms with E-state index in [-0.39, 0.29) is 0 Å². The van der Waals surface area contributed by atoms with Crippen molar-refractivity contribution in [2.75, 3.05) is 13.7 Å². The summed E-state index contributed by atoms with van der Waals surface area (Å²) in [5.74, 6) is 0.811. The molecule has 0 aliphatic rings. The summed E-state index contributed by atoms with van der Waals surface area (Å²) in [6.07, 6.45) is 1.68. The van der Waals surface area contributed by atoms with E-state index in [1.807, 2.05) is 31.2 Å². The van der Waals surface area contributed by atoms with Crippen LogP contribution in [-0.4, -0.2) is 25.0 Å². The summed E-state index contributed by atoms with van der Waals surface area (Å²) in [5, 5.41) is 7.24. The fraction of sp³-hybridized carbons (Fsp3) is 0.273. The Morgan fingerprint density at radius 2 is 2.25 bits per heavy atom. The lowest BCUT2D eigenvalue weighted by Crippen LogP contribution is -2.28. The van der Waals surface area contributed by atoms with Gasteiger partial charge in [-0.25, -0.2) is 0 Å². The van der Waals surface area contributed by atoms with Crippen LogP contribution in [-0.2, 0) is 0 Å². The van der Waals surface area contributed by atoms with Gasteiger partial charge < -0.3 is 10.1 Å². The number of hydrogen-bond donors (Lipinski definition) is 2. The van der Waals surface area contributed by atoms with Crippen LogP contribution in [0.2, 0.25) is 0 Å². The van der Waals surface area contributed by atoms with Crippen LogP contribution in [0.3, 0.4) is 0 Å². The van der Waals surface area contributed by atoms with Crippen molar-refractivity contribution < 1.29 is 4.74 Å². The minimum absolute atomic E-state index is 0.477. The summed E-state index contributed by atoms with van der Waals surface area (Å²) in [5.41, 5.74) is 3.60. The molecule has 0 heterocycles. The SMILES string of the molecule is CCOc1ccccc1/C=N/NC(=S)NC. The maximum atomic E-state index is 5.45. The van der Waals surface area contributed by atoms with Gasteiger partial charge >= 0.3 is 0 Å². The van der Waals surface area contributed by atoms with Crippen molar-refractivity contribution in [1.29, 1.82) is 0 Å².